The molecule has 0 aliphatic carbocycles. The Bertz CT molecular complexity index is 198. The van der Waals surface area contributed by atoms with Crippen LogP contribution in [-0.4, -0.2) is 48.2 Å². The molecule has 0 aromatic heterocycles. The molecule has 0 aliphatic rings. The predicted molar refractivity (Wildman–Crippen MR) is 70.9 cm³/mol. The summed E-state index contributed by atoms with van der Waals surface area (Å²) in [4.78, 5) is 13.6. The molecule has 0 rings (SSSR count). The normalized spacial score (nSPS) is 12.8. The third-order valence-electron chi connectivity index (χ3n) is 2.88. The van der Waals surface area contributed by atoms with Crippen LogP contribution in [0.2, 0.25) is 0 Å². The summed E-state index contributed by atoms with van der Waals surface area (Å²) in [5.74, 6) is 0.0595. The van der Waals surface area contributed by atoms with Gasteiger partial charge >= 0.3 is 0 Å². The van der Waals surface area contributed by atoms with E-state index in [1.54, 1.807) is 0 Å². The van der Waals surface area contributed by atoms with E-state index in [2.05, 4.69) is 19.2 Å². The van der Waals surface area contributed by atoms with Gasteiger partial charge in [0.15, 0.2) is 0 Å². The molecule has 4 heteroatoms. The Balaban J connectivity index is 3.75. The molecule has 4 nitrogen and oxygen atoms in total. The molecule has 0 saturated heterocycles. The second-order valence-electron chi connectivity index (χ2n) is 4.56. The molecular weight excluding hydrogens is 216 g/mol. The highest BCUT2D eigenvalue weighted by molar-refractivity contribution is 5.78. The standard InChI is InChI=1S/C13H28N2O2/c1-4-6-7-8-12(3)14-13(17)11-15(5-2)9-10-16/h12,16H,4-11H2,1-3H3,(H,14,17). The number of aliphatic hydroxyl groups is 1. The first-order valence-electron chi connectivity index (χ1n) is 6.76. The quantitative estimate of drug-likeness (QED) is 0.571. The van der Waals surface area contributed by atoms with Gasteiger partial charge in [-0.1, -0.05) is 33.1 Å². The van der Waals surface area contributed by atoms with Crippen molar-refractivity contribution in [3.05, 3.63) is 0 Å². The number of aliphatic hydroxyl groups excluding tert-OH is 1. The van der Waals surface area contributed by atoms with Crippen LogP contribution < -0.4 is 5.32 Å². The molecule has 0 aromatic carbocycles. The zero-order valence-electron chi connectivity index (χ0n) is 11.5. The largest absolute Gasteiger partial charge is 0.395 e. The number of hydrogen-bond donors (Lipinski definition) is 2. The first-order chi connectivity index (χ1) is 8.13. The molecule has 0 heterocycles. The third kappa shape index (κ3) is 9.12. The zero-order chi connectivity index (χ0) is 13.1. The van der Waals surface area contributed by atoms with Gasteiger partial charge in [0.25, 0.3) is 0 Å². The molecule has 102 valence electrons. The number of carbonyl (C=O) groups excluding carboxylic acids is 1. The molecule has 0 aliphatic heterocycles. The smallest absolute Gasteiger partial charge is 0.234 e. The van der Waals surface area contributed by atoms with E-state index in [9.17, 15) is 4.79 Å². The molecule has 0 spiro atoms. The van der Waals surface area contributed by atoms with Gasteiger partial charge in [0.2, 0.25) is 5.91 Å². The van der Waals surface area contributed by atoms with Gasteiger partial charge in [-0.3, -0.25) is 9.69 Å². The lowest BCUT2D eigenvalue weighted by atomic mass is 10.1. The van der Waals surface area contributed by atoms with Crippen LogP contribution in [-0.2, 0) is 4.79 Å². The minimum absolute atomic E-state index is 0.0595. The molecule has 17 heavy (non-hydrogen) atoms. The second-order valence-corrected chi connectivity index (χ2v) is 4.56. The van der Waals surface area contributed by atoms with Crippen LogP contribution in [0.5, 0.6) is 0 Å². The lowest BCUT2D eigenvalue weighted by Gasteiger charge is -2.20. The van der Waals surface area contributed by atoms with E-state index < -0.39 is 0 Å². The van der Waals surface area contributed by atoms with Gasteiger partial charge in [-0.2, -0.15) is 0 Å². The van der Waals surface area contributed by atoms with Crippen LogP contribution in [0.15, 0.2) is 0 Å². The van der Waals surface area contributed by atoms with E-state index in [0.717, 1.165) is 13.0 Å². The summed E-state index contributed by atoms with van der Waals surface area (Å²) in [5, 5.41) is 11.8. The Morgan fingerprint density at radius 3 is 2.59 bits per heavy atom. The SMILES string of the molecule is CCCCCC(C)NC(=O)CN(CC)CCO. The summed E-state index contributed by atoms with van der Waals surface area (Å²) < 4.78 is 0. The lowest BCUT2D eigenvalue weighted by molar-refractivity contribution is -0.122. The minimum Gasteiger partial charge on any atom is -0.395 e. The molecule has 2 N–H and O–H groups in total. The number of carbonyl (C=O) groups is 1. The maximum atomic E-state index is 11.7. The van der Waals surface area contributed by atoms with Gasteiger partial charge in [-0.15, -0.1) is 0 Å². The number of hydrogen-bond acceptors (Lipinski definition) is 3. The van der Waals surface area contributed by atoms with Crippen molar-refractivity contribution in [1.29, 1.82) is 0 Å². The van der Waals surface area contributed by atoms with Gasteiger partial charge in [0.1, 0.15) is 0 Å². The highest BCUT2D eigenvalue weighted by Crippen LogP contribution is 2.02. The van der Waals surface area contributed by atoms with Crippen LogP contribution in [0.4, 0.5) is 0 Å². The molecule has 0 radical (unpaired) electrons. The van der Waals surface area contributed by atoms with Crippen molar-refractivity contribution < 1.29 is 9.90 Å². The van der Waals surface area contributed by atoms with Crippen molar-refractivity contribution in [2.24, 2.45) is 0 Å². The molecule has 0 bridgehead atoms. The number of likely N-dealkylation sites (N-methyl/N-ethyl adjacent to an activating group) is 1. The van der Waals surface area contributed by atoms with E-state index in [4.69, 9.17) is 5.11 Å². The first kappa shape index (κ1) is 16.4. The predicted octanol–water partition coefficient (Wildman–Crippen LogP) is 1.39. The zero-order valence-corrected chi connectivity index (χ0v) is 11.5. The van der Waals surface area contributed by atoms with Gasteiger partial charge < -0.3 is 10.4 Å². The van der Waals surface area contributed by atoms with Crippen LogP contribution in [0, 0.1) is 0 Å². The van der Waals surface area contributed by atoms with E-state index in [0.29, 0.717) is 13.1 Å². The first-order valence-corrected chi connectivity index (χ1v) is 6.76. The summed E-state index contributed by atoms with van der Waals surface area (Å²) >= 11 is 0. The molecule has 0 aromatic rings. The number of nitrogens with one attached hydrogen (secondary N) is 1. The van der Waals surface area contributed by atoms with Crippen LogP contribution in [0.25, 0.3) is 0 Å². The average Bonchev–Trinajstić information content (AvgIpc) is 2.28. The van der Waals surface area contributed by atoms with E-state index in [-0.39, 0.29) is 18.6 Å². The number of amides is 1. The van der Waals surface area contributed by atoms with E-state index in [1.807, 2.05) is 11.8 Å². The van der Waals surface area contributed by atoms with E-state index in [1.165, 1.54) is 19.3 Å². The monoisotopic (exact) mass is 244 g/mol. The third-order valence-corrected chi connectivity index (χ3v) is 2.88. The van der Waals surface area contributed by atoms with Crippen molar-refractivity contribution in [3.63, 3.8) is 0 Å². The Hall–Kier alpha value is -0.610. The van der Waals surface area contributed by atoms with Crippen molar-refractivity contribution >= 4 is 5.91 Å². The molecule has 1 amide bonds. The molecule has 1 atom stereocenters. The fourth-order valence-electron chi connectivity index (χ4n) is 1.79. The van der Waals surface area contributed by atoms with Crippen molar-refractivity contribution in [2.75, 3.05) is 26.2 Å². The average molecular weight is 244 g/mol. The van der Waals surface area contributed by atoms with Crippen molar-refractivity contribution in [2.45, 2.75) is 52.5 Å². The summed E-state index contributed by atoms with van der Waals surface area (Å²) in [7, 11) is 0. The van der Waals surface area contributed by atoms with Crippen molar-refractivity contribution in [3.8, 4) is 0 Å². The molecular formula is C13H28N2O2. The number of rotatable bonds is 10. The van der Waals surface area contributed by atoms with Crippen LogP contribution in [0.1, 0.15) is 46.5 Å². The second kappa shape index (κ2) is 10.5. The minimum atomic E-state index is 0.0595. The van der Waals surface area contributed by atoms with Gasteiger partial charge in [0.05, 0.1) is 13.2 Å². The van der Waals surface area contributed by atoms with Gasteiger partial charge in [-0.05, 0) is 19.9 Å². The van der Waals surface area contributed by atoms with Gasteiger partial charge in [-0.25, -0.2) is 0 Å². The maximum Gasteiger partial charge on any atom is 0.234 e. The Kier molecular flexibility index (Phi) is 10.2. The summed E-state index contributed by atoms with van der Waals surface area (Å²) in [6.07, 6.45) is 4.66. The highest BCUT2D eigenvalue weighted by atomic mass is 16.3. The van der Waals surface area contributed by atoms with Crippen LogP contribution in [0.3, 0.4) is 0 Å². The fraction of sp³-hybridized carbons (Fsp3) is 0.923. The summed E-state index contributed by atoms with van der Waals surface area (Å²) in [6.45, 7) is 8.06. The van der Waals surface area contributed by atoms with Crippen LogP contribution >= 0.6 is 0 Å². The van der Waals surface area contributed by atoms with Gasteiger partial charge in [0, 0.05) is 12.6 Å². The lowest BCUT2D eigenvalue weighted by Crippen LogP contribution is -2.41. The Morgan fingerprint density at radius 1 is 1.35 bits per heavy atom. The summed E-state index contributed by atoms with van der Waals surface area (Å²) in [5.41, 5.74) is 0. The topological polar surface area (TPSA) is 52.6 Å². The summed E-state index contributed by atoms with van der Waals surface area (Å²) in [6, 6.07) is 0.252. The fourth-order valence-corrected chi connectivity index (χ4v) is 1.79. The number of nitrogens with zero attached hydrogens (tertiary/aromatic N) is 1. The molecule has 0 saturated carbocycles. The highest BCUT2D eigenvalue weighted by Gasteiger charge is 2.10. The Morgan fingerprint density at radius 2 is 2.06 bits per heavy atom. The van der Waals surface area contributed by atoms with Crippen molar-refractivity contribution in [1.82, 2.24) is 10.2 Å². The molecule has 0 fully saturated rings. The molecule has 1 unspecified atom stereocenters. The number of unbranched alkanes of at least 4 members (excludes halogenated alkanes) is 2. The maximum absolute atomic E-state index is 11.7. The Labute approximate surface area is 105 Å². The van der Waals surface area contributed by atoms with E-state index >= 15 is 0 Å².